The lowest BCUT2D eigenvalue weighted by Crippen LogP contribution is -2.15. The summed E-state index contributed by atoms with van der Waals surface area (Å²) < 4.78 is 30.6. The van der Waals surface area contributed by atoms with Crippen LogP contribution >= 0.6 is 8.03 Å². The Hall–Kier alpha value is -2.52. The highest BCUT2D eigenvalue weighted by molar-refractivity contribution is 7.39. The molecule has 0 saturated heterocycles. The molecule has 32 heavy (non-hydrogen) atoms. The number of aliphatic carboxylic acids is 1. The first-order valence-electron chi connectivity index (χ1n) is 10.4. The van der Waals surface area contributed by atoms with Crippen molar-refractivity contribution >= 4 is 14.0 Å². The number of aliphatic hydroxyl groups excluding tert-OH is 1. The summed E-state index contributed by atoms with van der Waals surface area (Å²) in [5, 5.41) is 18.2. The van der Waals surface area contributed by atoms with Crippen LogP contribution in [-0.4, -0.2) is 40.0 Å². The van der Waals surface area contributed by atoms with Crippen LogP contribution in [0, 0.1) is 17.7 Å². The number of halogens is 1. The van der Waals surface area contributed by atoms with Gasteiger partial charge in [-0.1, -0.05) is 51.7 Å². The van der Waals surface area contributed by atoms with Gasteiger partial charge in [-0.25, -0.2) is 4.39 Å². The van der Waals surface area contributed by atoms with Gasteiger partial charge in [-0.2, -0.15) is 0 Å². The predicted molar refractivity (Wildman–Crippen MR) is 123 cm³/mol. The summed E-state index contributed by atoms with van der Waals surface area (Å²) in [6, 6.07) is 8.15. The van der Waals surface area contributed by atoms with Crippen molar-refractivity contribution in [1.82, 2.24) is 4.98 Å². The Bertz CT molecular complexity index is 1030. The van der Waals surface area contributed by atoms with Gasteiger partial charge in [-0.3, -0.25) is 14.3 Å². The quantitative estimate of drug-likeness (QED) is 0.411. The highest BCUT2D eigenvalue weighted by atomic mass is 31.1. The van der Waals surface area contributed by atoms with E-state index in [1.54, 1.807) is 12.1 Å². The monoisotopic (exact) mass is 461 g/mol. The van der Waals surface area contributed by atoms with E-state index in [0.717, 1.165) is 22.5 Å². The number of carbonyl (C=O) groups is 1. The Labute approximate surface area is 188 Å². The third-order valence-electron chi connectivity index (χ3n) is 4.69. The lowest BCUT2D eigenvalue weighted by molar-refractivity contribution is -0.138. The van der Waals surface area contributed by atoms with Crippen LogP contribution in [0.3, 0.4) is 0 Å². The van der Waals surface area contributed by atoms with E-state index in [4.69, 9.17) is 14.6 Å². The molecule has 2 atom stereocenters. The molecule has 0 radical (unpaired) electrons. The number of carboxylic acids is 1. The minimum atomic E-state index is -2.62. The number of carboxylic acid groups (broad SMARTS) is 1. The molecular weight excluding hydrogens is 432 g/mol. The second-order valence-corrected chi connectivity index (χ2v) is 9.53. The summed E-state index contributed by atoms with van der Waals surface area (Å²) in [4.78, 5) is 15.4. The standard InChI is InChI=1S/C24H29FNO5P/c1-15(2)22-13-21(17-7-9-18(25)10-8-17)20(24(26-22)16(3)4)6-5-11-31-32(30)14-19(27)12-23(28)29/h7-10,13,15-16,19,27,32H,11-12,14H2,1-4H3,(H,28,29)/t19-/m0/s1. The maximum Gasteiger partial charge on any atom is 0.305 e. The molecule has 0 saturated carbocycles. The second-order valence-electron chi connectivity index (χ2n) is 8.09. The maximum absolute atomic E-state index is 13.5. The van der Waals surface area contributed by atoms with Crippen LogP contribution in [-0.2, 0) is 13.9 Å². The first kappa shape index (κ1) is 25.7. The van der Waals surface area contributed by atoms with Crippen molar-refractivity contribution in [2.75, 3.05) is 12.8 Å². The van der Waals surface area contributed by atoms with Gasteiger partial charge in [0.25, 0.3) is 0 Å². The van der Waals surface area contributed by atoms with Crippen molar-refractivity contribution in [2.45, 2.75) is 52.1 Å². The van der Waals surface area contributed by atoms with Crippen molar-refractivity contribution in [1.29, 1.82) is 0 Å². The molecule has 6 nitrogen and oxygen atoms in total. The molecule has 0 spiro atoms. The zero-order valence-electron chi connectivity index (χ0n) is 18.7. The number of benzene rings is 1. The van der Waals surface area contributed by atoms with E-state index in [2.05, 4.69) is 25.7 Å². The maximum atomic E-state index is 13.5. The van der Waals surface area contributed by atoms with Crippen LogP contribution < -0.4 is 0 Å². The lowest BCUT2D eigenvalue weighted by atomic mass is 9.92. The van der Waals surface area contributed by atoms with E-state index in [0.29, 0.717) is 5.56 Å². The summed E-state index contributed by atoms with van der Waals surface area (Å²) in [6.07, 6.45) is -1.95. The average molecular weight is 461 g/mol. The van der Waals surface area contributed by atoms with Gasteiger partial charge in [0.05, 0.1) is 23.8 Å². The Kier molecular flexibility index (Phi) is 9.59. The third-order valence-corrected chi connectivity index (χ3v) is 5.96. The van der Waals surface area contributed by atoms with Gasteiger partial charge in [-0.05, 0) is 35.6 Å². The fourth-order valence-electron chi connectivity index (χ4n) is 3.05. The minimum absolute atomic E-state index is 0.0865. The Morgan fingerprint density at radius 1 is 1.19 bits per heavy atom. The molecule has 0 fully saturated rings. The van der Waals surface area contributed by atoms with Crippen LogP contribution in [0.15, 0.2) is 30.3 Å². The van der Waals surface area contributed by atoms with Gasteiger partial charge in [-0.15, -0.1) is 0 Å². The summed E-state index contributed by atoms with van der Waals surface area (Å²) in [6.45, 7) is 8.01. The Morgan fingerprint density at radius 3 is 2.41 bits per heavy atom. The zero-order valence-corrected chi connectivity index (χ0v) is 19.7. The summed E-state index contributed by atoms with van der Waals surface area (Å²) in [5.74, 6) is 4.71. The second kappa shape index (κ2) is 11.9. The molecular formula is C24H29FNO5P. The lowest BCUT2D eigenvalue weighted by Gasteiger charge is -2.17. The molecule has 0 amide bonds. The summed E-state index contributed by atoms with van der Waals surface area (Å²) >= 11 is 0. The number of hydrogen-bond donors (Lipinski definition) is 2. The SMILES string of the molecule is CC(C)c1cc(-c2ccc(F)cc2)c(C#CCO[PH](=O)C[C@@H](O)CC(=O)O)c(C(C)C)n1. The van der Waals surface area contributed by atoms with Crippen LogP contribution in [0.4, 0.5) is 4.39 Å². The van der Waals surface area contributed by atoms with Crippen LogP contribution in [0.25, 0.3) is 11.1 Å². The molecule has 0 aliphatic rings. The van der Waals surface area contributed by atoms with Crippen molar-refractivity contribution in [2.24, 2.45) is 0 Å². The molecule has 1 heterocycles. The average Bonchev–Trinajstić information content (AvgIpc) is 2.70. The molecule has 2 N–H and O–H groups in total. The van der Waals surface area contributed by atoms with Gasteiger partial charge in [0.1, 0.15) is 12.4 Å². The summed E-state index contributed by atoms with van der Waals surface area (Å²) in [5.41, 5.74) is 4.07. The fourth-order valence-corrected chi connectivity index (χ4v) is 3.93. The van der Waals surface area contributed by atoms with E-state index in [9.17, 15) is 18.9 Å². The highest BCUT2D eigenvalue weighted by Crippen LogP contribution is 2.32. The van der Waals surface area contributed by atoms with Gasteiger partial charge >= 0.3 is 5.97 Å². The molecule has 0 aliphatic heterocycles. The number of aliphatic hydroxyl groups is 1. The zero-order chi connectivity index (χ0) is 23.8. The third kappa shape index (κ3) is 7.56. The van der Waals surface area contributed by atoms with E-state index in [-0.39, 0.29) is 30.4 Å². The molecule has 2 rings (SSSR count). The first-order valence-corrected chi connectivity index (χ1v) is 12.0. The molecule has 1 aromatic carbocycles. The smallest absolute Gasteiger partial charge is 0.305 e. The van der Waals surface area contributed by atoms with Crippen molar-refractivity contribution in [3.8, 4) is 23.0 Å². The number of aromatic nitrogens is 1. The predicted octanol–water partition coefficient (Wildman–Crippen LogP) is 4.81. The molecule has 172 valence electrons. The van der Waals surface area contributed by atoms with Crippen LogP contribution in [0.1, 0.15) is 62.9 Å². The Balaban J connectivity index is 2.33. The first-order chi connectivity index (χ1) is 15.1. The van der Waals surface area contributed by atoms with Crippen molar-refractivity contribution in [3.63, 3.8) is 0 Å². The summed E-state index contributed by atoms with van der Waals surface area (Å²) in [7, 11) is -2.62. The highest BCUT2D eigenvalue weighted by Gasteiger charge is 2.17. The molecule has 1 unspecified atom stereocenters. The molecule has 2 aromatic rings. The fraction of sp³-hybridized carbons (Fsp3) is 0.417. The van der Waals surface area contributed by atoms with Crippen molar-refractivity contribution < 1.29 is 28.5 Å². The van der Waals surface area contributed by atoms with E-state index in [1.807, 2.05) is 19.9 Å². The van der Waals surface area contributed by atoms with Gasteiger partial charge < -0.3 is 14.7 Å². The molecule has 0 aliphatic carbocycles. The van der Waals surface area contributed by atoms with Gasteiger partial charge in [0.15, 0.2) is 8.03 Å². The van der Waals surface area contributed by atoms with Gasteiger partial charge in [0.2, 0.25) is 0 Å². The largest absolute Gasteiger partial charge is 0.481 e. The molecule has 0 bridgehead atoms. The molecule has 1 aromatic heterocycles. The van der Waals surface area contributed by atoms with Crippen LogP contribution in [0.2, 0.25) is 0 Å². The topological polar surface area (TPSA) is 96.7 Å². The number of hydrogen-bond acceptors (Lipinski definition) is 5. The van der Waals surface area contributed by atoms with E-state index < -0.39 is 26.5 Å². The van der Waals surface area contributed by atoms with Crippen LogP contribution in [0.5, 0.6) is 0 Å². The van der Waals surface area contributed by atoms with E-state index >= 15 is 0 Å². The molecule has 8 heteroatoms. The number of rotatable bonds is 9. The van der Waals surface area contributed by atoms with Gasteiger partial charge in [0, 0.05) is 17.4 Å². The number of nitrogens with zero attached hydrogens (tertiary/aromatic N) is 1. The normalized spacial score (nSPS) is 13.0. The van der Waals surface area contributed by atoms with E-state index in [1.165, 1.54) is 12.1 Å². The number of pyridine rings is 1. The Morgan fingerprint density at radius 2 is 1.84 bits per heavy atom. The van der Waals surface area contributed by atoms with Crippen molar-refractivity contribution in [3.05, 3.63) is 53.1 Å². The minimum Gasteiger partial charge on any atom is -0.481 e.